The lowest BCUT2D eigenvalue weighted by atomic mass is 10.2. The Bertz CT molecular complexity index is 1070. The fourth-order valence-corrected chi connectivity index (χ4v) is 3.25. The second-order valence-corrected chi connectivity index (χ2v) is 7.22. The van der Waals surface area contributed by atoms with Gasteiger partial charge in [-0.2, -0.15) is 0 Å². The molecule has 134 valence electrons. The summed E-state index contributed by atoms with van der Waals surface area (Å²) in [5.74, 6) is 0.456. The molecule has 0 radical (unpaired) electrons. The molecule has 1 N–H and O–H groups in total. The molecule has 6 heteroatoms. The number of rotatable bonds is 5. The third kappa shape index (κ3) is 4.28. The summed E-state index contributed by atoms with van der Waals surface area (Å²) in [5, 5.41) is 2.90. The van der Waals surface area contributed by atoms with Gasteiger partial charge in [0.1, 0.15) is 18.0 Å². The lowest BCUT2D eigenvalue weighted by Gasteiger charge is -2.08. The lowest BCUT2D eigenvalue weighted by molar-refractivity contribution is 0.102. The van der Waals surface area contributed by atoms with Crippen molar-refractivity contribution in [3.63, 3.8) is 0 Å². The van der Waals surface area contributed by atoms with E-state index in [-0.39, 0.29) is 5.91 Å². The van der Waals surface area contributed by atoms with Crippen molar-refractivity contribution in [3.05, 3.63) is 94.0 Å². The molecule has 0 bridgehead atoms. The molecule has 27 heavy (non-hydrogen) atoms. The molecule has 0 aliphatic carbocycles. The van der Waals surface area contributed by atoms with Crippen LogP contribution in [0, 0.1) is 3.57 Å². The van der Waals surface area contributed by atoms with Crippen LogP contribution in [-0.4, -0.2) is 15.3 Å². The Morgan fingerprint density at radius 2 is 1.96 bits per heavy atom. The summed E-state index contributed by atoms with van der Waals surface area (Å²) in [6, 6.07) is 20.7. The summed E-state index contributed by atoms with van der Waals surface area (Å²) in [5.41, 5.74) is 3.01. The van der Waals surface area contributed by atoms with E-state index < -0.39 is 0 Å². The van der Waals surface area contributed by atoms with Crippen molar-refractivity contribution >= 4 is 39.8 Å². The molecule has 0 saturated carbocycles. The fourth-order valence-electron chi connectivity index (χ4n) is 2.71. The van der Waals surface area contributed by atoms with Gasteiger partial charge in [0.25, 0.3) is 5.91 Å². The number of carbonyl (C=O) groups is 1. The Kier molecular flexibility index (Phi) is 5.06. The Morgan fingerprint density at radius 3 is 2.81 bits per heavy atom. The van der Waals surface area contributed by atoms with Gasteiger partial charge in [0, 0.05) is 27.2 Å². The van der Waals surface area contributed by atoms with Crippen molar-refractivity contribution in [2.45, 2.75) is 6.61 Å². The average molecular weight is 469 g/mol. The minimum atomic E-state index is -0.171. The lowest BCUT2D eigenvalue weighted by Crippen LogP contribution is -2.12. The highest BCUT2D eigenvalue weighted by Gasteiger charge is 2.08. The standard InChI is InChI=1S/C21H16IN3O2/c22-16-6-4-7-17(12-16)24-21(26)15-5-3-8-19(11-15)27-14-18-13-25-10-2-1-9-20(25)23-18/h1-13H,14H2,(H,24,26). The van der Waals surface area contributed by atoms with Gasteiger partial charge in [0.15, 0.2) is 0 Å². The number of imidazole rings is 1. The smallest absolute Gasteiger partial charge is 0.255 e. The molecule has 4 aromatic rings. The molecular formula is C21H16IN3O2. The number of hydrogen-bond donors (Lipinski definition) is 1. The van der Waals surface area contributed by atoms with E-state index in [1.807, 2.05) is 71.4 Å². The van der Waals surface area contributed by atoms with Crippen molar-refractivity contribution in [3.8, 4) is 5.75 Å². The number of nitrogens with one attached hydrogen (secondary N) is 1. The van der Waals surface area contributed by atoms with Crippen LogP contribution in [0.5, 0.6) is 5.75 Å². The number of benzene rings is 2. The summed E-state index contributed by atoms with van der Waals surface area (Å²) < 4.78 is 8.84. The van der Waals surface area contributed by atoms with Gasteiger partial charge >= 0.3 is 0 Å². The first kappa shape index (κ1) is 17.5. The summed E-state index contributed by atoms with van der Waals surface area (Å²) in [7, 11) is 0. The largest absolute Gasteiger partial charge is 0.487 e. The predicted molar refractivity (Wildman–Crippen MR) is 113 cm³/mol. The molecule has 4 rings (SSSR count). The number of halogens is 1. The van der Waals surface area contributed by atoms with Crippen LogP contribution >= 0.6 is 22.6 Å². The third-order valence-electron chi connectivity index (χ3n) is 3.98. The first-order valence-electron chi connectivity index (χ1n) is 8.40. The highest BCUT2D eigenvalue weighted by Crippen LogP contribution is 2.18. The average Bonchev–Trinajstić information content (AvgIpc) is 3.10. The quantitative estimate of drug-likeness (QED) is 0.429. The first-order chi connectivity index (χ1) is 13.2. The zero-order chi connectivity index (χ0) is 18.6. The van der Waals surface area contributed by atoms with Gasteiger partial charge in [-0.25, -0.2) is 4.98 Å². The highest BCUT2D eigenvalue weighted by molar-refractivity contribution is 14.1. The molecule has 2 aromatic heterocycles. The minimum absolute atomic E-state index is 0.171. The van der Waals surface area contributed by atoms with E-state index in [4.69, 9.17) is 4.74 Å². The van der Waals surface area contributed by atoms with Gasteiger partial charge in [0.2, 0.25) is 0 Å². The molecule has 0 spiro atoms. The maximum atomic E-state index is 12.5. The summed E-state index contributed by atoms with van der Waals surface area (Å²) >= 11 is 2.21. The number of hydrogen-bond acceptors (Lipinski definition) is 3. The number of carbonyl (C=O) groups excluding carboxylic acids is 1. The molecule has 2 aromatic carbocycles. The molecule has 0 unspecified atom stereocenters. The van der Waals surface area contributed by atoms with Gasteiger partial charge in [-0.3, -0.25) is 4.79 Å². The van der Waals surface area contributed by atoms with Crippen LogP contribution in [-0.2, 0) is 6.61 Å². The van der Waals surface area contributed by atoms with Crippen molar-refractivity contribution in [1.82, 2.24) is 9.38 Å². The molecule has 0 fully saturated rings. The Morgan fingerprint density at radius 1 is 1.07 bits per heavy atom. The second kappa shape index (κ2) is 7.79. The number of anilines is 1. The van der Waals surface area contributed by atoms with Crippen molar-refractivity contribution in [2.24, 2.45) is 0 Å². The zero-order valence-corrected chi connectivity index (χ0v) is 16.5. The summed E-state index contributed by atoms with van der Waals surface area (Å²) in [6.07, 6.45) is 3.88. The van der Waals surface area contributed by atoms with Gasteiger partial charge in [-0.1, -0.05) is 18.2 Å². The monoisotopic (exact) mass is 469 g/mol. The highest BCUT2D eigenvalue weighted by atomic mass is 127. The molecule has 2 heterocycles. The van der Waals surface area contributed by atoms with Crippen molar-refractivity contribution in [2.75, 3.05) is 5.32 Å². The second-order valence-electron chi connectivity index (χ2n) is 5.98. The van der Waals surface area contributed by atoms with E-state index in [1.54, 1.807) is 12.1 Å². The zero-order valence-electron chi connectivity index (χ0n) is 14.3. The Hall–Kier alpha value is -2.87. The van der Waals surface area contributed by atoms with Gasteiger partial charge < -0.3 is 14.5 Å². The molecule has 0 saturated heterocycles. The number of amides is 1. The van der Waals surface area contributed by atoms with Gasteiger partial charge in [-0.15, -0.1) is 0 Å². The normalized spacial score (nSPS) is 10.7. The maximum Gasteiger partial charge on any atom is 0.255 e. The van der Waals surface area contributed by atoms with E-state index in [0.717, 1.165) is 20.6 Å². The molecule has 0 atom stereocenters. The van der Waals surface area contributed by atoms with E-state index in [0.29, 0.717) is 17.9 Å². The molecular weight excluding hydrogens is 453 g/mol. The van der Waals surface area contributed by atoms with Gasteiger partial charge in [0.05, 0.1) is 5.69 Å². The van der Waals surface area contributed by atoms with E-state index in [2.05, 4.69) is 32.9 Å². The number of fused-ring (bicyclic) bond motifs is 1. The number of ether oxygens (including phenoxy) is 1. The summed E-state index contributed by atoms with van der Waals surface area (Å²) in [6.45, 7) is 0.337. The van der Waals surface area contributed by atoms with Crippen LogP contribution < -0.4 is 10.1 Å². The number of pyridine rings is 1. The topological polar surface area (TPSA) is 55.6 Å². The Balaban J connectivity index is 1.44. The Labute approximate surface area is 170 Å². The van der Waals surface area contributed by atoms with E-state index >= 15 is 0 Å². The van der Waals surface area contributed by atoms with Crippen LogP contribution in [0.2, 0.25) is 0 Å². The van der Waals surface area contributed by atoms with Gasteiger partial charge in [-0.05, 0) is 71.1 Å². The maximum absolute atomic E-state index is 12.5. The molecule has 5 nitrogen and oxygen atoms in total. The summed E-state index contributed by atoms with van der Waals surface area (Å²) in [4.78, 5) is 17.0. The van der Waals surface area contributed by atoms with Crippen LogP contribution in [0.1, 0.15) is 16.1 Å². The first-order valence-corrected chi connectivity index (χ1v) is 9.48. The number of aromatic nitrogens is 2. The van der Waals surface area contributed by atoms with Crippen LogP contribution in [0.4, 0.5) is 5.69 Å². The molecule has 0 aliphatic rings. The minimum Gasteiger partial charge on any atom is -0.487 e. The SMILES string of the molecule is O=C(Nc1cccc(I)c1)c1cccc(OCc2cn3ccccc3n2)c1. The predicted octanol–water partition coefficient (Wildman–Crippen LogP) is 4.77. The van der Waals surface area contributed by atoms with Crippen LogP contribution in [0.15, 0.2) is 79.1 Å². The van der Waals surface area contributed by atoms with Crippen LogP contribution in [0.3, 0.4) is 0 Å². The molecule has 1 amide bonds. The third-order valence-corrected chi connectivity index (χ3v) is 4.65. The van der Waals surface area contributed by atoms with Crippen molar-refractivity contribution in [1.29, 1.82) is 0 Å². The van der Waals surface area contributed by atoms with Crippen molar-refractivity contribution < 1.29 is 9.53 Å². The van der Waals surface area contributed by atoms with E-state index in [1.165, 1.54) is 0 Å². The van der Waals surface area contributed by atoms with Crippen LogP contribution in [0.25, 0.3) is 5.65 Å². The number of nitrogens with zero attached hydrogens (tertiary/aromatic N) is 2. The molecule has 0 aliphatic heterocycles. The van der Waals surface area contributed by atoms with E-state index in [9.17, 15) is 4.79 Å². The fraction of sp³-hybridized carbons (Fsp3) is 0.0476.